The largest absolute Gasteiger partial charge is 0.354 e. The molecule has 1 rings (SSSR count). The van der Waals surface area contributed by atoms with Gasteiger partial charge in [-0.05, 0) is 19.8 Å². The first-order chi connectivity index (χ1) is 8.95. The molecule has 19 heavy (non-hydrogen) atoms. The third-order valence-corrected chi connectivity index (χ3v) is 3.21. The molecule has 0 aromatic carbocycles. The molecule has 5 nitrogen and oxygen atoms in total. The molecule has 1 aromatic heterocycles. The third-order valence-electron chi connectivity index (χ3n) is 3.21. The first kappa shape index (κ1) is 15.7. The molecule has 0 aliphatic carbocycles. The molecule has 1 aromatic rings. The van der Waals surface area contributed by atoms with Crippen molar-refractivity contribution < 1.29 is 4.79 Å². The monoisotopic (exact) mass is 266 g/mol. The molecule has 108 valence electrons. The molecule has 0 radical (unpaired) electrons. The molecular weight excluding hydrogens is 240 g/mol. The molecule has 1 unspecified atom stereocenters. The van der Waals surface area contributed by atoms with Crippen LogP contribution in [0.4, 0.5) is 0 Å². The van der Waals surface area contributed by atoms with E-state index in [2.05, 4.69) is 24.1 Å². The molecule has 0 aliphatic rings. The highest BCUT2D eigenvalue weighted by atomic mass is 16.1. The van der Waals surface area contributed by atoms with Gasteiger partial charge in [0.25, 0.3) is 0 Å². The van der Waals surface area contributed by atoms with Gasteiger partial charge in [-0.2, -0.15) is 0 Å². The summed E-state index contributed by atoms with van der Waals surface area (Å²) >= 11 is 0. The van der Waals surface area contributed by atoms with Gasteiger partial charge in [0.05, 0.1) is 6.33 Å². The van der Waals surface area contributed by atoms with Crippen LogP contribution in [0.15, 0.2) is 12.5 Å². The van der Waals surface area contributed by atoms with Gasteiger partial charge in [-0.1, -0.05) is 13.8 Å². The van der Waals surface area contributed by atoms with E-state index in [1.165, 1.54) is 0 Å². The van der Waals surface area contributed by atoms with E-state index < -0.39 is 0 Å². The number of aromatic nitrogens is 2. The average Bonchev–Trinajstić information content (AvgIpc) is 2.74. The molecule has 1 atom stereocenters. The van der Waals surface area contributed by atoms with Crippen molar-refractivity contribution in [1.29, 1.82) is 0 Å². The third kappa shape index (κ3) is 4.67. The number of rotatable bonds is 7. The van der Waals surface area contributed by atoms with E-state index in [1.807, 2.05) is 24.6 Å². The predicted molar refractivity (Wildman–Crippen MR) is 76.8 cm³/mol. The van der Waals surface area contributed by atoms with Crippen LogP contribution in [0, 0.1) is 5.92 Å². The maximum atomic E-state index is 11.7. The number of imidazole rings is 1. The Labute approximate surface area is 115 Å². The summed E-state index contributed by atoms with van der Waals surface area (Å²) in [6, 6.07) is 0.183. The zero-order valence-electron chi connectivity index (χ0n) is 12.4. The lowest BCUT2D eigenvalue weighted by atomic mass is 9.93. The van der Waals surface area contributed by atoms with Gasteiger partial charge in [-0.25, -0.2) is 4.98 Å². The highest BCUT2D eigenvalue weighted by Gasteiger charge is 2.18. The Bertz CT molecular complexity index is 398. The Kier molecular flexibility index (Phi) is 6.02. The molecule has 0 bridgehead atoms. The van der Waals surface area contributed by atoms with Crippen LogP contribution in [0.1, 0.15) is 45.7 Å². The maximum Gasteiger partial charge on any atom is 0.221 e. The minimum absolute atomic E-state index is 0.0727. The van der Waals surface area contributed by atoms with Crippen molar-refractivity contribution in [2.45, 2.75) is 52.6 Å². The number of hydrogen-bond donors (Lipinski definition) is 2. The minimum Gasteiger partial charge on any atom is -0.354 e. The first-order valence-corrected chi connectivity index (χ1v) is 6.95. The summed E-state index contributed by atoms with van der Waals surface area (Å²) in [5.74, 6) is 0.823. The van der Waals surface area contributed by atoms with E-state index in [-0.39, 0.29) is 17.9 Å². The van der Waals surface area contributed by atoms with E-state index in [1.54, 1.807) is 6.33 Å². The summed E-state index contributed by atoms with van der Waals surface area (Å²) in [5.41, 5.74) is 6.96. The average molecular weight is 266 g/mol. The Morgan fingerprint density at radius 3 is 2.63 bits per heavy atom. The van der Waals surface area contributed by atoms with Crippen molar-refractivity contribution in [1.82, 2.24) is 14.9 Å². The quantitative estimate of drug-likeness (QED) is 0.785. The van der Waals surface area contributed by atoms with E-state index >= 15 is 0 Å². The highest BCUT2D eigenvalue weighted by molar-refractivity contribution is 5.76. The normalized spacial score (nSPS) is 13.0. The Morgan fingerprint density at radius 1 is 1.42 bits per heavy atom. The number of carbonyl (C=O) groups is 1. The summed E-state index contributed by atoms with van der Waals surface area (Å²) in [7, 11) is 0. The standard InChI is InChI=1S/C14H26N4O/c1-10(2)12(7-15)13-8-16-9-18(13)6-5-14(19)17-11(3)4/h8-12H,5-7,15H2,1-4H3,(H,17,19). The SMILES string of the molecule is CC(C)NC(=O)CCn1cncc1C(CN)C(C)C. The maximum absolute atomic E-state index is 11.7. The first-order valence-electron chi connectivity index (χ1n) is 6.95. The van der Waals surface area contributed by atoms with Crippen molar-refractivity contribution in [3.8, 4) is 0 Å². The fourth-order valence-electron chi connectivity index (χ4n) is 2.18. The number of carbonyl (C=O) groups excluding carboxylic acids is 1. The molecular formula is C14H26N4O. The van der Waals surface area contributed by atoms with Gasteiger partial charge in [-0.15, -0.1) is 0 Å². The van der Waals surface area contributed by atoms with Crippen molar-refractivity contribution in [2.75, 3.05) is 6.54 Å². The number of nitrogens with one attached hydrogen (secondary N) is 1. The van der Waals surface area contributed by atoms with Crippen LogP contribution in [-0.2, 0) is 11.3 Å². The number of aryl methyl sites for hydroxylation is 1. The fourth-order valence-corrected chi connectivity index (χ4v) is 2.18. The van der Waals surface area contributed by atoms with E-state index in [0.29, 0.717) is 25.4 Å². The molecule has 5 heteroatoms. The van der Waals surface area contributed by atoms with Crippen LogP contribution in [-0.4, -0.2) is 28.0 Å². The summed E-state index contributed by atoms with van der Waals surface area (Å²) in [4.78, 5) is 15.9. The lowest BCUT2D eigenvalue weighted by Crippen LogP contribution is -2.31. The number of hydrogen-bond acceptors (Lipinski definition) is 3. The van der Waals surface area contributed by atoms with Crippen LogP contribution in [0.5, 0.6) is 0 Å². The fraction of sp³-hybridized carbons (Fsp3) is 0.714. The lowest BCUT2D eigenvalue weighted by molar-refractivity contribution is -0.121. The number of amides is 1. The van der Waals surface area contributed by atoms with Crippen LogP contribution < -0.4 is 11.1 Å². The summed E-state index contributed by atoms with van der Waals surface area (Å²) in [6.45, 7) is 9.48. The number of nitrogens with two attached hydrogens (primary N) is 1. The molecule has 1 heterocycles. The molecule has 0 aliphatic heterocycles. The molecule has 0 saturated heterocycles. The van der Waals surface area contributed by atoms with Crippen molar-refractivity contribution in [3.63, 3.8) is 0 Å². The second kappa shape index (κ2) is 7.28. The van der Waals surface area contributed by atoms with Crippen molar-refractivity contribution in [2.24, 2.45) is 11.7 Å². The van der Waals surface area contributed by atoms with Crippen LogP contribution in [0.25, 0.3) is 0 Å². The van der Waals surface area contributed by atoms with Crippen molar-refractivity contribution in [3.05, 3.63) is 18.2 Å². The van der Waals surface area contributed by atoms with Crippen LogP contribution in [0.3, 0.4) is 0 Å². The Hall–Kier alpha value is -1.36. The second-order valence-electron chi connectivity index (χ2n) is 5.57. The van der Waals surface area contributed by atoms with Gasteiger partial charge in [0.15, 0.2) is 0 Å². The summed E-state index contributed by atoms with van der Waals surface area (Å²) in [5, 5.41) is 2.89. The van der Waals surface area contributed by atoms with Gasteiger partial charge >= 0.3 is 0 Å². The Balaban J connectivity index is 2.65. The van der Waals surface area contributed by atoms with E-state index in [9.17, 15) is 4.79 Å². The minimum atomic E-state index is 0.0727. The molecule has 0 spiro atoms. The van der Waals surface area contributed by atoms with Gasteiger partial charge in [-0.3, -0.25) is 4.79 Å². The molecule has 1 amide bonds. The lowest BCUT2D eigenvalue weighted by Gasteiger charge is -2.20. The van der Waals surface area contributed by atoms with Gasteiger partial charge < -0.3 is 15.6 Å². The molecule has 3 N–H and O–H groups in total. The second-order valence-corrected chi connectivity index (χ2v) is 5.57. The topological polar surface area (TPSA) is 72.9 Å². The predicted octanol–water partition coefficient (Wildman–Crippen LogP) is 1.50. The molecule has 0 saturated carbocycles. The van der Waals surface area contributed by atoms with Crippen LogP contribution >= 0.6 is 0 Å². The smallest absolute Gasteiger partial charge is 0.221 e. The number of nitrogens with zero attached hydrogens (tertiary/aromatic N) is 2. The zero-order valence-corrected chi connectivity index (χ0v) is 12.4. The van der Waals surface area contributed by atoms with Gasteiger partial charge in [0.1, 0.15) is 0 Å². The van der Waals surface area contributed by atoms with Gasteiger partial charge in [0.2, 0.25) is 5.91 Å². The van der Waals surface area contributed by atoms with E-state index in [0.717, 1.165) is 5.69 Å². The van der Waals surface area contributed by atoms with Crippen molar-refractivity contribution >= 4 is 5.91 Å². The van der Waals surface area contributed by atoms with E-state index in [4.69, 9.17) is 5.73 Å². The summed E-state index contributed by atoms with van der Waals surface area (Å²) < 4.78 is 2.04. The zero-order chi connectivity index (χ0) is 14.4. The highest BCUT2D eigenvalue weighted by Crippen LogP contribution is 2.22. The molecule has 0 fully saturated rings. The summed E-state index contributed by atoms with van der Waals surface area (Å²) in [6.07, 6.45) is 4.11. The van der Waals surface area contributed by atoms with Gasteiger partial charge in [0, 0.05) is 43.4 Å². The van der Waals surface area contributed by atoms with Crippen LogP contribution in [0.2, 0.25) is 0 Å². The Morgan fingerprint density at radius 2 is 2.11 bits per heavy atom.